The number of nitrogens with one attached hydrogen (secondary N) is 2. The minimum absolute atomic E-state index is 0.170. The summed E-state index contributed by atoms with van der Waals surface area (Å²) in [5.41, 5.74) is 0.390. The average molecular weight is 748 g/mol. The number of halogens is 2. The molecule has 0 radical (unpaired) electrons. The second-order valence-electron chi connectivity index (χ2n) is 13.4. The van der Waals surface area contributed by atoms with E-state index in [9.17, 15) is 27.2 Å². The third-order valence-electron chi connectivity index (χ3n) is 9.84. The van der Waals surface area contributed by atoms with Crippen LogP contribution in [-0.4, -0.2) is 84.6 Å². The Morgan fingerprint density at radius 1 is 1.15 bits per heavy atom. The largest absolute Gasteiger partial charge is 0.474 e. The summed E-state index contributed by atoms with van der Waals surface area (Å²) in [6.45, 7) is 0.530. The highest BCUT2D eigenvalue weighted by Crippen LogP contribution is 2.47. The van der Waals surface area contributed by atoms with Crippen LogP contribution in [0.5, 0.6) is 5.88 Å². The second kappa shape index (κ2) is 13.5. The zero-order valence-corrected chi connectivity index (χ0v) is 29.6. The standard InChI is InChI=1S/C33H40BrFN6O6S/c1-40(2)48(45,46)39-32(44)33-18-19(33)9-6-4-5-7-14-41(3)31(43)24-17-21(16-23(24)29(42)38-33)47-30-22-10-8-11-27(22)36-28(37-30)25-15-20(34)12-13-26(25)35/h6,9,12-13,15,19,21,23-24H,4-5,7-8,10-11,14,16-18H2,1-3H3,(H,38,42)(H,39,44)/b9-6-/t19-,21+,23+,24+,33+/m0/s1. The van der Waals surface area contributed by atoms with Crippen LogP contribution in [0.15, 0.2) is 34.8 Å². The smallest absolute Gasteiger partial charge is 0.303 e. The third-order valence-corrected chi connectivity index (χ3v) is 11.7. The number of carbonyl (C=O) groups excluding carboxylic acids is 3. The van der Waals surface area contributed by atoms with Crippen molar-refractivity contribution >= 4 is 43.9 Å². The van der Waals surface area contributed by atoms with Gasteiger partial charge in [-0.25, -0.2) is 14.1 Å². The van der Waals surface area contributed by atoms with Gasteiger partial charge in [-0.1, -0.05) is 28.1 Å². The Bertz CT molecular complexity index is 1770. The first-order chi connectivity index (χ1) is 22.8. The van der Waals surface area contributed by atoms with E-state index in [0.29, 0.717) is 29.7 Å². The van der Waals surface area contributed by atoms with Gasteiger partial charge in [0.05, 0.1) is 23.1 Å². The van der Waals surface area contributed by atoms with E-state index in [1.807, 2.05) is 12.2 Å². The van der Waals surface area contributed by atoms with Crippen LogP contribution in [0.3, 0.4) is 0 Å². The molecule has 1 aliphatic heterocycles. The highest BCUT2D eigenvalue weighted by atomic mass is 79.9. The van der Waals surface area contributed by atoms with E-state index in [1.54, 1.807) is 24.1 Å². The summed E-state index contributed by atoms with van der Waals surface area (Å²) < 4.78 is 50.2. The number of ether oxygens (including phenoxy) is 1. The molecule has 4 aliphatic rings. The SMILES string of the molecule is CN1CCCC/C=C\[C@H]2C[C@@]2(C(=O)NS(=O)(=O)N(C)C)NC(=O)[C@@H]2C[C@@H](Oc3nc(-c4cc(Br)ccc4F)nc4c3CCC4)C[C@H]2C1=O. The maximum Gasteiger partial charge on any atom is 0.303 e. The van der Waals surface area contributed by atoms with Crippen LogP contribution in [0.25, 0.3) is 11.4 Å². The topological polar surface area (TPSA) is 151 Å². The van der Waals surface area contributed by atoms with E-state index < -0.39 is 57.2 Å². The molecule has 2 fully saturated rings. The van der Waals surface area contributed by atoms with Crippen LogP contribution in [0.4, 0.5) is 4.39 Å². The Balaban J connectivity index is 1.30. The molecule has 15 heteroatoms. The van der Waals surface area contributed by atoms with Gasteiger partial charge in [-0.15, -0.1) is 0 Å². The lowest BCUT2D eigenvalue weighted by molar-refractivity contribution is -0.140. The molecule has 0 saturated heterocycles. The number of aryl methyl sites for hydroxylation is 1. The molecule has 5 atom stereocenters. The number of nitrogens with zero attached hydrogens (tertiary/aromatic N) is 4. The molecule has 0 unspecified atom stereocenters. The van der Waals surface area contributed by atoms with Crippen molar-refractivity contribution in [3.8, 4) is 17.3 Å². The molecule has 258 valence electrons. The molecule has 2 aromatic rings. The second-order valence-corrected chi connectivity index (χ2v) is 16.2. The Labute approximate surface area is 288 Å². The van der Waals surface area contributed by atoms with Crippen molar-refractivity contribution in [2.45, 2.75) is 69.4 Å². The molecule has 12 nitrogen and oxygen atoms in total. The summed E-state index contributed by atoms with van der Waals surface area (Å²) in [6, 6.07) is 4.55. The van der Waals surface area contributed by atoms with Gasteiger partial charge in [0.15, 0.2) is 5.82 Å². The number of fused-ring (bicyclic) bond motifs is 3. The highest BCUT2D eigenvalue weighted by Gasteiger charge is 2.62. The van der Waals surface area contributed by atoms with Gasteiger partial charge in [0, 0.05) is 43.6 Å². The lowest BCUT2D eigenvalue weighted by Crippen LogP contribution is -2.55. The number of amides is 3. The predicted octanol–water partition coefficient (Wildman–Crippen LogP) is 3.30. The Morgan fingerprint density at radius 2 is 1.92 bits per heavy atom. The van der Waals surface area contributed by atoms with Crippen molar-refractivity contribution in [2.75, 3.05) is 27.7 Å². The van der Waals surface area contributed by atoms with E-state index in [-0.39, 0.29) is 36.6 Å². The number of rotatable bonds is 6. The van der Waals surface area contributed by atoms with E-state index >= 15 is 0 Å². The summed E-state index contributed by atoms with van der Waals surface area (Å²) in [5, 5.41) is 2.87. The molecule has 3 amide bonds. The minimum atomic E-state index is -4.11. The summed E-state index contributed by atoms with van der Waals surface area (Å²) in [5.74, 6) is -3.45. The number of aromatic nitrogens is 2. The van der Waals surface area contributed by atoms with E-state index in [0.717, 1.165) is 41.2 Å². The number of carbonyl (C=O) groups is 3. The molecule has 1 aromatic carbocycles. The first kappa shape index (κ1) is 34.4. The molecular formula is C33H40BrFN6O6S. The van der Waals surface area contributed by atoms with Crippen LogP contribution in [-0.2, 0) is 37.4 Å². The maximum atomic E-state index is 14.9. The third kappa shape index (κ3) is 6.86. The molecule has 2 N–H and O–H groups in total. The number of hydrogen-bond acceptors (Lipinski definition) is 8. The Morgan fingerprint density at radius 3 is 2.69 bits per heavy atom. The normalized spacial score (nSPS) is 28.2. The number of allylic oxidation sites excluding steroid dienone is 1. The lowest BCUT2D eigenvalue weighted by Gasteiger charge is -2.27. The molecule has 2 saturated carbocycles. The van der Waals surface area contributed by atoms with Crippen molar-refractivity contribution < 1.29 is 31.9 Å². The van der Waals surface area contributed by atoms with Gasteiger partial charge in [0.25, 0.3) is 5.91 Å². The van der Waals surface area contributed by atoms with Crippen molar-refractivity contribution in [1.82, 2.24) is 29.2 Å². The average Bonchev–Trinajstić information content (AvgIpc) is 3.33. The van der Waals surface area contributed by atoms with Crippen LogP contribution in [0.2, 0.25) is 0 Å². The fraction of sp³-hybridized carbons (Fsp3) is 0.545. The molecule has 0 spiro atoms. The quantitative estimate of drug-likeness (QED) is 0.428. The molecule has 3 aliphatic carbocycles. The van der Waals surface area contributed by atoms with Crippen molar-refractivity contribution in [1.29, 1.82) is 0 Å². The maximum absolute atomic E-state index is 14.9. The summed E-state index contributed by atoms with van der Waals surface area (Å²) in [4.78, 5) is 52.4. The summed E-state index contributed by atoms with van der Waals surface area (Å²) in [6.07, 6.45) is 8.39. The van der Waals surface area contributed by atoms with Crippen LogP contribution >= 0.6 is 15.9 Å². The first-order valence-corrected chi connectivity index (χ1v) is 18.5. The van der Waals surface area contributed by atoms with Gasteiger partial charge < -0.3 is 15.0 Å². The Hall–Kier alpha value is -3.43. The molecular weight excluding hydrogens is 707 g/mol. The molecule has 48 heavy (non-hydrogen) atoms. The van der Waals surface area contributed by atoms with E-state index in [4.69, 9.17) is 4.74 Å². The van der Waals surface area contributed by atoms with Gasteiger partial charge in [-0.2, -0.15) is 17.7 Å². The summed E-state index contributed by atoms with van der Waals surface area (Å²) in [7, 11) is 0.227. The van der Waals surface area contributed by atoms with Gasteiger partial charge >= 0.3 is 10.2 Å². The Kier molecular flexibility index (Phi) is 9.66. The van der Waals surface area contributed by atoms with Crippen LogP contribution in [0, 0.1) is 23.6 Å². The fourth-order valence-electron chi connectivity index (χ4n) is 6.95. The lowest BCUT2D eigenvalue weighted by atomic mass is 9.93. The van der Waals surface area contributed by atoms with Crippen molar-refractivity contribution in [3.63, 3.8) is 0 Å². The molecule has 0 bridgehead atoms. The van der Waals surface area contributed by atoms with Crippen molar-refractivity contribution in [2.24, 2.45) is 17.8 Å². The van der Waals surface area contributed by atoms with Gasteiger partial charge in [-0.3, -0.25) is 14.4 Å². The monoisotopic (exact) mass is 746 g/mol. The molecule has 1 aromatic heterocycles. The number of hydrogen-bond donors (Lipinski definition) is 2. The van der Waals surface area contributed by atoms with E-state index in [1.165, 1.54) is 20.2 Å². The van der Waals surface area contributed by atoms with Crippen molar-refractivity contribution in [3.05, 3.63) is 51.9 Å². The zero-order valence-electron chi connectivity index (χ0n) is 27.2. The van der Waals surface area contributed by atoms with E-state index in [2.05, 4.69) is 35.9 Å². The van der Waals surface area contributed by atoms with Crippen LogP contribution < -0.4 is 14.8 Å². The highest BCUT2D eigenvalue weighted by molar-refractivity contribution is 9.10. The predicted molar refractivity (Wildman–Crippen MR) is 178 cm³/mol. The number of benzene rings is 1. The fourth-order valence-corrected chi connectivity index (χ4v) is 7.91. The summed E-state index contributed by atoms with van der Waals surface area (Å²) >= 11 is 3.39. The van der Waals surface area contributed by atoms with Crippen LogP contribution in [0.1, 0.15) is 56.2 Å². The molecule has 2 heterocycles. The van der Waals surface area contributed by atoms with Gasteiger partial charge in [-0.05, 0) is 76.0 Å². The van der Waals surface area contributed by atoms with Gasteiger partial charge in [0.2, 0.25) is 17.7 Å². The first-order valence-electron chi connectivity index (χ1n) is 16.3. The zero-order chi connectivity index (χ0) is 34.4. The minimum Gasteiger partial charge on any atom is -0.474 e. The molecule has 6 rings (SSSR count). The van der Waals surface area contributed by atoms with Gasteiger partial charge in [0.1, 0.15) is 17.5 Å².